The summed E-state index contributed by atoms with van der Waals surface area (Å²) in [4.78, 5) is 2.71. The van der Waals surface area contributed by atoms with E-state index in [1.54, 1.807) is 62.3 Å². The fraction of sp³-hybridized carbons (Fsp3) is 0.538. The van der Waals surface area contributed by atoms with Crippen LogP contribution < -0.4 is 0 Å². The Morgan fingerprint density at radius 1 is 0.500 bits per heavy atom. The summed E-state index contributed by atoms with van der Waals surface area (Å²) in [6.45, 7) is 4.37. The molecular weight excluding hydrogens is 721 g/mol. The highest BCUT2D eigenvalue weighted by molar-refractivity contribution is 9.48. The fourth-order valence-electron chi connectivity index (χ4n) is 4.30. The Morgan fingerprint density at radius 2 is 0.833 bits per heavy atom. The van der Waals surface area contributed by atoms with E-state index in [-0.39, 0.29) is 0 Å². The molecule has 0 aliphatic rings. The lowest BCUT2D eigenvalue weighted by Crippen LogP contribution is -2.42. The third-order valence-corrected chi connectivity index (χ3v) is 27.7. The zero-order valence-electron chi connectivity index (χ0n) is 25.4. The van der Waals surface area contributed by atoms with Crippen LogP contribution in [0.25, 0.3) is 0 Å². The Morgan fingerprint density at radius 3 is 1.17 bits per heavy atom. The van der Waals surface area contributed by atoms with Crippen molar-refractivity contribution in [1.82, 2.24) is 0 Å². The van der Waals surface area contributed by atoms with Gasteiger partial charge in [-0.2, -0.15) is 0 Å². The molecule has 0 fully saturated rings. The van der Waals surface area contributed by atoms with Crippen molar-refractivity contribution in [3.05, 3.63) is 58.7 Å². The van der Waals surface area contributed by atoms with Gasteiger partial charge in [-0.1, -0.05) is 36.4 Å². The number of aryl methyl sites for hydroxylation is 4. The third-order valence-electron chi connectivity index (χ3n) is 6.68. The van der Waals surface area contributed by atoms with Crippen molar-refractivity contribution in [3.8, 4) is 0 Å². The number of benzene rings is 2. The first kappa shape index (κ1) is 39.6. The minimum Gasteiger partial charge on any atom is -0.377 e. The Bertz CT molecular complexity index is 952. The van der Waals surface area contributed by atoms with Crippen LogP contribution in [0.3, 0.4) is 0 Å². The topological polar surface area (TPSA) is 55.4 Å². The smallest absolute Gasteiger partial charge is 0.377 e. The molecular formula is C26H42O6S8Si2. The van der Waals surface area contributed by atoms with Crippen molar-refractivity contribution in [2.75, 3.05) is 42.7 Å². The van der Waals surface area contributed by atoms with E-state index in [2.05, 4.69) is 50.2 Å². The van der Waals surface area contributed by atoms with Gasteiger partial charge in [-0.15, -0.1) is 0 Å². The van der Waals surface area contributed by atoms with Crippen LogP contribution >= 0.6 is 80.5 Å². The number of rotatable bonds is 23. The van der Waals surface area contributed by atoms with E-state index in [1.165, 1.54) is 32.0 Å². The summed E-state index contributed by atoms with van der Waals surface area (Å²) in [6.07, 6.45) is 3.87. The summed E-state index contributed by atoms with van der Waals surface area (Å²) < 4.78 is 33.5. The van der Waals surface area contributed by atoms with Crippen LogP contribution in [0, 0.1) is 13.8 Å². The lowest BCUT2D eigenvalue weighted by molar-refractivity contribution is 0.122. The largest absolute Gasteiger partial charge is 0.500 e. The molecule has 0 bridgehead atoms. The maximum Gasteiger partial charge on any atom is 0.500 e. The molecule has 238 valence electrons. The minimum atomic E-state index is -2.54. The molecule has 42 heavy (non-hydrogen) atoms. The lowest BCUT2D eigenvalue weighted by Gasteiger charge is -2.24. The van der Waals surface area contributed by atoms with Gasteiger partial charge in [-0.25, -0.2) is 0 Å². The maximum atomic E-state index is 5.58. The highest BCUT2D eigenvalue weighted by atomic mass is 34.0. The molecule has 2 aromatic rings. The van der Waals surface area contributed by atoms with Gasteiger partial charge in [0.2, 0.25) is 0 Å². The highest BCUT2D eigenvalue weighted by Gasteiger charge is 2.37. The second kappa shape index (κ2) is 22.1. The van der Waals surface area contributed by atoms with Gasteiger partial charge in [-0.3, -0.25) is 0 Å². The first-order valence-corrected chi connectivity index (χ1v) is 27.2. The molecule has 0 amide bonds. The minimum absolute atomic E-state index is 0.803. The molecule has 0 spiro atoms. The molecule has 0 saturated carbocycles. The molecule has 0 aliphatic heterocycles. The Balaban J connectivity index is 1.75. The zero-order valence-corrected chi connectivity index (χ0v) is 34.0. The molecule has 0 radical (unpaired) electrons. The zero-order chi connectivity index (χ0) is 30.8. The Labute approximate surface area is 285 Å². The van der Waals surface area contributed by atoms with Crippen LogP contribution in [0.15, 0.2) is 46.2 Å². The summed E-state index contributed by atoms with van der Waals surface area (Å²) in [6, 6.07) is 14.7. The number of hydrogen-bond acceptors (Lipinski definition) is 14. The predicted molar refractivity (Wildman–Crippen MR) is 199 cm³/mol. The quantitative estimate of drug-likeness (QED) is 0.0613. The van der Waals surface area contributed by atoms with Gasteiger partial charge in [0.15, 0.2) is 0 Å². The van der Waals surface area contributed by atoms with E-state index in [9.17, 15) is 0 Å². The second-order valence-corrected chi connectivity index (χ2v) is 27.9. The molecule has 0 aromatic heterocycles. The maximum absolute atomic E-state index is 5.58. The second-order valence-electron chi connectivity index (χ2n) is 9.00. The lowest BCUT2D eigenvalue weighted by atomic mass is 10.1. The van der Waals surface area contributed by atoms with Gasteiger partial charge in [0.25, 0.3) is 0 Å². The van der Waals surface area contributed by atoms with Gasteiger partial charge >= 0.3 is 17.6 Å². The molecule has 0 aliphatic carbocycles. The van der Waals surface area contributed by atoms with Crippen LogP contribution in [-0.4, -0.2) is 60.3 Å². The molecule has 0 unspecified atom stereocenters. The SMILES string of the molecule is CO[Si](CCCc1cccc(C)c1SSSSSSSSc1c(C)cccc1CCC[Si](OC)(OC)OC)(OC)OC. The van der Waals surface area contributed by atoms with Crippen LogP contribution in [0.1, 0.15) is 35.1 Å². The summed E-state index contributed by atoms with van der Waals surface area (Å²) in [5.74, 6) is 0. The molecule has 0 saturated heterocycles. The van der Waals surface area contributed by atoms with Crippen molar-refractivity contribution >= 4 is 98.2 Å². The van der Waals surface area contributed by atoms with E-state index in [0.717, 1.165) is 37.8 Å². The summed E-state index contributed by atoms with van der Waals surface area (Å²) in [5.41, 5.74) is 5.36. The van der Waals surface area contributed by atoms with Crippen LogP contribution in [0.5, 0.6) is 0 Å². The first-order valence-electron chi connectivity index (χ1n) is 13.2. The van der Waals surface area contributed by atoms with Crippen LogP contribution in [0.4, 0.5) is 0 Å². The van der Waals surface area contributed by atoms with Crippen molar-refractivity contribution in [2.45, 2.75) is 61.4 Å². The predicted octanol–water partition coefficient (Wildman–Crippen LogP) is 10.6. The van der Waals surface area contributed by atoms with Crippen molar-refractivity contribution in [1.29, 1.82) is 0 Å². The molecule has 0 atom stereocenters. The van der Waals surface area contributed by atoms with E-state index in [1.807, 2.05) is 60.9 Å². The molecule has 0 heterocycles. The van der Waals surface area contributed by atoms with E-state index in [4.69, 9.17) is 26.6 Å². The summed E-state index contributed by atoms with van der Waals surface area (Å²) in [7, 11) is 19.5. The monoisotopic (exact) mass is 762 g/mol. The normalized spacial score (nSPS) is 12.3. The molecule has 6 nitrogen and oxygen atoms in total. The third kappa shape index (κ3) is 12.9. The Hall–Kier alpha value is 1.43. The number of hydrogen-bond donors (Lipinski definition) is 0. The van der Waals surface area contributed by atoms with E-state index in [0.29, 0.717) is 0 Å². The highest BCUT2D eigenvalue weighted by Crippen LogP contribution is 2.59. The molecule has 2 rings (SSSR count). The molecule has 16 heteroatoms. The van der Waals surface area contributed by atoms with E-state index < -0.39 is 17.6 Å². The van der Waals surface area contributed by atoms with Crippen LogP contribution in [0.2, 0.25) is 12.1 Å². The average molecular weight is 763 g/mol. The van der Waals surface area contributed by atoms with Crippen LogP contribution in [-0.2, 0) is 39.4 Å². The summed E-state index contributed by atoms with van der Waals surface area (Å²) >= 11 is 0. The van der Waals surface area contributed by atoms with Crippen molar-refractivity contribution in [2.24, 2.45) is 0 Å². The average Bonchev–Trinajstić information content (AvgIpc) is 3.01. The standard InChI is InChI=1S/C26H42O6S8Si2/c1-21-13-9-15-23(17-11-19-41(27-3,28-4)29-5)25(21)33-35-37-39-40-38-36-34-26-22(2)14-10-16-24(26)18-12-20-42(30-6,31-7)32-8/h9-10,13-16H,11-12,17-20H2,1-8H3. The van der Waals surface area contributed by atoms with Gasteiger partial charge in [0, 0.05) is 64.5 Å². The van der Waals surface area contributed by atoms with Crippen molar-refractivity contribution in [3.63, 3.8) is 0 Å². The van der Waals surface area contributed by atoms with Gasteiger partial charge in [-0.05, 0) is 142 Å². The van der Waals surface area contributed by atoms with Crippen molar-refractivity contribution < 1.29 is 26.6 Å². The summed E-state index contributed by atoms with van der Waals surface area (Å²) in [5, 5.41) is 0. The van der Waals surface area contributed by atoms with E-state index >= 15 is 0 Å². The molecule has 2 aromatic carbocycles. The Kier molecular flexibility index (Phi) is 20.8. The molecule has 0 N–H and O–H groups in total. The fourth-order valence-corrected chi connectivity index (χ4v) is 25.1. The first-order chi connectivity index (χ1) is 20.3. The van der Waals surface area contributed by atoms with Gasteiger partial charge in [0.1, 0.15) is 0 Å². The van der Waals surface area contributed by atoms with Gasteiger partial charge < -0.3 is 26.6 Å². The van der Waals surface area contributed by atoms with Gasteiger partial charge in [0.05, 0.1) is 0 Å².